The number of benzene rings is 2. The predicted molar refractivity (Wildman–Crippen MR) is 169 cm³/mol. The van der Waals surface area contributed by atoms with E-state index < -0.39 is 42.8 Å². The molecular weight excluding hydrogens is 608 g/mol. The largest absolute Gasteiger partial charge is 0.459 e. The first-order chi connectivity index (χ1) is 22.6. The summed E-state index contributed by atoms with van der Waals surface area (Å²) >= 11 is 0. The van der Waals surface area contributed by atoms with Crippen LogP contribution in [0, 0.1) is 0 Å². The molecule has 0 radical (unpaired) electrons. The van der Waals surface area contributed by atoms with Crippen LogP contribution in [0.2, 0.25) is 0 Å². The van der Waals surface area contributed by atoms with Gasteiger partial charge in [0, 0.05) is 45.0 Å². The van der Waals surface area contributed by atoms with Crippen LogP contribution in [-0.4, -0.2) is 82.3 Å². The van der Waals surface area contributed by atoms with Crippen LogP contribution in [0.5, 0.6) is 0 Å². The zero-order chi connectivity index (χ0) is 33.5. The number of nitrogens with zero attached hydrogens (tertiary/aromatic N) is 3. The molecule has 0 saturated carbocycles. The Balaban J connectivity index is 1.06. The fourth-order valence-electron chi connectivity index (χ4n) is 5.84. The molecule has 248 valence electrons. The predicted octanol–water partition coefficient (Wildman–Crippen LogP) is 3.40. The van der Waals surface area contributed by atoms with Crippen LogP contribution in [0.4, 0.5) is 10.6 Å². The van der Waals surface area contributed by atoms with Gasteiger partial charge in [0.05, 0.1) is 13.0 Å². The van der Waals surface area contributed by atoms with Crippen LogP contribution in [0.25, 0.3) is 11.1 Å². The number of ketones is 1. The SMILES string of the molecule is CC(=O)CCC(=O)O[C@@H]1C[C@H](n2ccc(NC(=O)CCCN(C)C(=O)OCC3c4ccccc4-c4ccccc43)nc2=O)O[C@@H]1CO. The Bertz CT molecular complexity index is 1640. The number of carbonyl (C=O) groups excluding carboxylic acids is 4. The standard InChI is InChI=1S/C34H38N4O9/c1-21(40)13-14-32(42)47-27-18-31(46-28(27)19-39)38-17-15-29(36-33(38)43)35-30(41)12-7-16-37(2)34(44)45-20-26-24-10-5-3-8-22(24)23-9-4-6-11-25(23)26/h3-6,8-11,15,17,26-28,31,39H,7,12-14,16,18-20H2,1-2H3,(H,35,36,41,43)/t27-,28-,31-/m1/s1. The van der Waals surface area contributed by atoms with E-state index in [0.717, 1.165) is 22.3 Å². The van der Waals surface area contributed by atoms with Crippen LogP contribution in [0.1, 0.15) is 62.3 Å². The highest BCUT2D eigenvalue weighted by Gasteiger charge is 2.39. The van der Waals surface area contributed by atoms with Gasteiger partial charge in [0.15, 0.2) is 0 Å². The number of hydrogen-bond donors (Lipinski definition) is 2. The van der Waals surface area contributed by atoms with Gasteiger partial charge < -0.3 is 34.3 Å². The van der Waals surface area contributed by atoms with Gasteiger partial charge in [-0.2, -0.15) is 4.98 Å². The molecule has 3 atom stereocenters. The summed E-state index contributed by atoms with van der Waals surface area (Å²) in [6.45, 7) is 1.42. The van der Waals surface area contributed by atoms with Crippen molar-refractivity contribution in [2.75, 3.05) is 32.1 Å². The molecule has 1 fully saturated rings. The second-order valence-electron chi connectivity index (χ2n) is 11.7. The summed E-state index contributed by atoms with van der Waals surface area (Å²) in [4.78, 5) is 66.6. The lowest BCUT2D eigenvalue weighted by Gasteiger charge is -2.19. The van der Waals surface area contributed by atoms with Crippen molar-refractivity contribution in [3.8, 4) is 11.1 Å². The van der Waals surface area contributed by atoms with Crippen molar-refractivity contribution < 1.29 is 38.5 Å². The average molecular weight is 647 g/mol. The van der Waals surface area contributed by atoms with Gasteiger partial charge >= 0.3 is 17.8 Å². The first kappa shape index (κ1) is 33.5. The molecular formula is C34H38N4O9. The van der Waals surface area contributed by atoms with Crippen LogP contribution in [0.15, 0.2) is 65.6 Å². The van der Waals surface area contributed by atoms with Crippen LogP contribution in [0.3, 0.4) is 0 Å². The fraction of sp³-hybridized carbons (Fsp3) is 0.412. The normalized spacial score (nSPS) is 18.2. The lowest BCUT2D eigenvalue weighted by atomic mass is 9.98. The molecule has 1 aliphatic carbocycles. The highest BCUT2D eigenvalue weighted by Crippen LogP contribution is 2.44. The van der Waals surface area contributed by atoms with Gasteiger partial charge in [-0.25, -0.2) is 9.59 Å². The number of aliphatic hydroxyl groups is 1. The maximum absolute atomic E-state index is 12.7. The summed E-state index contributed by atoms with van der Waals surface area (Å²) in [6, 6.07) is 17.6. The van der Waals surface area contributed by atoms with Gasteiger partial charge in [0.25, 0.3) is 0 Å². The molecule has 3 aromatic rings. The quantitative estimate of drug-likeness (QED) is 0.263. The first-order valence-corrected chi connectivity index (χ1v) is 15.5. The van der Waals surface area contributed by atoms with Crippen molar-refractivity contribution in [3.05, 3.63) is 82.4 Å². The van der Waals surface area contributed by atoms with E-state index >= 15 is 0 Å². The molecule has 1 aromatic heterocycles. The lowest BCUT2D eigenvalue weighted by molar-refractivity contribution is -0.153. The Hall–Kier alpha value is -4.88. The zero-order valence-corrected chi connectivity index (χ0v) is 26.3. The Morgan fingerprint density at radius 3 is 2.34 bits per heavy atom. The molecule has 0 unspecified atom stereocenters. The van der Waals surface area contributed by atoms with E-state index in [-0.39, 0.29) is 62.3 Å². The van der Waals surface area contributed by atoms with E-state index in [1.54, 1.807) is 7.05 Å². The van der Waals surface area contributed by atoms with Gasteiger partial charge in [-0.1, -0.05) is 48.5 Å². The van der Waals surface area contributed by atoms with Gasteiger partial charge in [0.2, 0.25) is 5.91 Å². The third-order valence-corrected chi connectivity index (χ3v) is 8.28. The Labute approximate surface area is 271 Å². The minimum absolute atomic E-state index is 0.0463. The highest BCUT2D eigenvalue weighted by molar-refractivity contribution is 5.89. The summed E-state index contributed by atoms with van der Waals surface area (Å²) in [5, 5.41) is 12.3. The number of rotatable bonds is 13. The number of ether oxygens (including phenoxy) is 3. The summed E-state index contributed by atoms with van der Waals surface area (Å²) in [6.07, 6.45) is -1.10. The number of fused-ring (bicyclic) bond motifs is 3. The van der Waals surface area contributed by atoms with Crippen molar-refractivity contribution in [1.29, 1.82) is 0 Å². The molecule has 0 bridgehead atoms. The number of Topliss-reactive ketones (excluding diaryl/α,β-unsaturated/α-hetero) is 1. The van der Waals surface area contributed by atoms with Gasteiger partial charge in [0.1, 0.15) is 36.6 Å². The Morgan fingerprint density at radius 1 is 1.02 bits per heavy atom. The van der Waals surface area contributed by atoms with E-state index in [0.29, 0.717) is 6.42 Å². The Morgan fingerprint density at radius 2 is 1.70 bits per heavy atom. The van der Waals surface area contributed by atoms with Crippen LogP contribution < -0.4 is 11.0 Å². The number of anilines is 1. The molecule has 1 aliphatic heterocycles. The number of aromatic nitrogens is 2. The molecule has 2 amide bonds. The van der Waals surface area contributed by atoms with Crippen molar-refractivity contribution in [1.82, 2.24) is 14.5 Å². The van der Waals surface area contributed by atoms with Gasteiger partial charge in [-0.05, 0) is 41.7 Å². The maximum atomic E-state index is 12.7. The topological polar surface area (TPSA) is 166 Å². The Kier molecular flexibility index (Phi) is 10.8. The molecule has 1 saturated heterocycles. The van der Waals surface area contributed by atoms with Crippen molar-refractivity contribution in [2.24, 2.45) is 0 Å². The van der Waals surface area contributed by atoms with E-state index in [1.165, 1.54) is 28.7 Å². The number of esters is 1. The molecule has 2 heterocycles. The lowest BCUT2D eigenvalue weighted by Crippen LogP contribution is -2.30. The molecule has 0 spiro atoms. The van der Waals surface area contributed by atoms with Crippen LogP contribution in [-0.2, 0) is 28.6 Å². The first-order valence-electron chi connectivity index (χ1n) is 15.5. The van der Waals surface area contributed by atoms with Crippen molar-refractivity contribution >= 4 is 29.6 Å². The van der Waals surface area contributed by atoms with E-state index in [1.807, 2.05) is 24.3 Å². The van der Waals surface area contributed by atoms with Gasteiger partial charge in [-0.3, -0.25) is 14.2 Å². The maximum Gasteiger partial charge on any atom is 0.409 e. The molecule has 2 N–H and O–H groups in total. The second-order valence-corrected chi connectivity index (χ2v) is 11.7. The third-order valence-electron chi connectivity index (χ3n) is 8.28. The molecule has 13 heteroatoms. The van der Waals surface area contributed by atoms with Crippen LogP contribution >= 0.6 is 0 Å². The summed E-state index contributed by atoms with van der Waals surface area (Å²) in [5.41, 5.74) is 3.83. The zero-order valence-electron chi connectivity index (χ0n) is 26.3. The highest BCUT2D eigenvalue weighted by atomic mass is 16.6. The molecule has 2 aliphatic rings. The number of hydrogen-bond acceptors (Lipinski definition) is 10. The summed E-state index contributed by atoms with van der Waals surface area (Å²) in [5.74, 6) is -1.13. The number of carbonyl (C=O) groups is 4. The monoisotopic (exact) mass is 646 g/mol. The molecule has 5 rings (SSSR count). The van der Waals surface area contributed by atoms with Crippen molar-refractivity contribution in [2.45, 2.75) is 63.4 Å². The fourth-order valence-corrected chi connectivity index (χ4v) is 5.84. The van der Waals surface area contributed by atoms with E-state index in [9.17, 15) is 29.1 Å². The number of aliphatic hydroxyl groups excluding tert-OH is 1. The smallest absolute Gasteiger partial charge is 0.409 e. The van der Waals surface area contributed by atoms with E-state index in [2.05, 4.69) is 34.6 Å². The minimum Gasteiger partial charge on any atom is -0.459 e. The third kappa shape index (κ3) is 8.10. The summed E-state index contributed by atoms with van der Waals surface area (Å²) < 4.78 is 17.9. The van der Waals surface area contributed by atoms with E-state index in [4.69, 9.17) is 14.2 Å². The molecule has 2 aromatic carbocycles. The molecule has 13 nitrogen and oxygen atoms in total. The van der Waals surface area contributed by atoms with Gasteiger partial charge in [-0.15, -0.1) is 0 Å². The summed E-state index contributed by atoms with van der Waals surface area (Å²) in [7, 11) is 1.61. The second kappa shape index (κ2) is 15.1. The minimum atomic E-state index is -0.851. The van der Waals surface area contributed by atoms with Crippen molar-refractivity contribution in [3.63, 3.8) is 0 Å². The average Bonchev–Trinajstić information content (AvgIpc) is 3.60. The number of nitrogens with one attached hydrogen (secondary N) is 1. The number of amides is 2. The molecule has 47 heavy (non-hydrogen) atoms.